The molecular weight excluding hydrogens is 284 g/mol. The van der Waals surface area contributed by atoms with Gasteiger partial charge >= 0.3 is 0 Å². The van der Waals surface area contributed by atoms with Gasteiger partial charge in [0.25, 0.3) is 0 Å². The van der Waals surface area contributed by atoms with E-state index in [0.29, 0.717) is 4.75 Å². The Balaban J connectivity index is 2.50. The highest BCUT2D eigenvalue weighted by Gasteiger charge is 2.21. The number of hydrogen-bond acceptors (Lipinski definition) is 1. The minimum absolute atomic E-state index is 0.355. The van der Waals surface area contributed by atoms with E-state index in [2.05, 4.69) is 52.0 Å². The van der Waals surface area contributed by atoms with Crippen molar-refractivity contribution in [3.05, 3.63) is 46.8 Å². The molecule has 0 aromatic heterocycles. The maximum atomic E-state index is 5.89. The molecule has 0 saturated heterocycles. The number of rotatable bonds is 8. The van der Waals surface area contributed by atoms with E-state index < -0.39 is 0 Å². The highest BCUT2D eigenvalue weighted by molar-refractivity contribution is 8.00. The van der Waals surface area contributed by atoms with E-state index in [1.54, 1.807) is 5.92 Å². The molecule has 0 amide bonds. The third-order valence-electron chi connectivity index (χ3n) is 3.30. The molecule has 0 aliphatic carbocycles. The second-order valence-electron chi connectivity index (χ2n) is 5.63. The molecule has 1 aromatic rings. The first-order chi connectivity index (χ1) is 9.46. The van der Waals surface area contributed by atoms with Gasteiger partial charge in [-0.2, -0.15) is 11.8 Å². The SMILES string of the molecule is CCSC(C)(C)C[C](CC)CC=Cc1ccc(Cl)cc1. The molecule has 0 bridgehead atoms. The Morgan fingerprint density at radius 3 is 2.40 bits per heavy atom. The largest absolute Gasteiger partial charge is 0.156 e. The van der Waals surface area contributed by atoms with Crippen molar-refractivity contribution in [3.63, 3.8) is 0 Å². The number of benzene rings is 1. The van der Waals surface area contributed by atoms with Crippen LogP contribution in [0.1, 0.15) is 52.5 Å². The zero-order chi connectivity index (χ0) is 15.0. The summed E-state index contributed by atoms with van der Waals surface area (Å²) in [5.74, 6) is 2.81. The van der Waals surface area contributed by atoms with Crippen molar-refractivity contribution in [1.82, 2.24) is 0 Å². The number of halogens is 1. The summed E-state index contributed by atoms with van der Waals surface area (Å²) < 4.78 is 0.355. The topological polar surface area (TPSA) is 0 Å². The van der Waals surface area contributed by atoms with E-state index in [9.17, 15) is 0 Å². The molecule has 1 aromatic carbocycles. The molecule has 0 unspecified atom stereocenters. The van der Waals surface area contributed by atoms with E-state index in [1.807, 2.05) is 23.9 Å². The van der Waals surface area contributed by atoms with E-state index in [1.165, 1.54) is 24.2 Å². The molecule has 0 saturated carbocycles. The summed E-state index contributed by atoms with van der Waals surface area (Å²) in [4.78, 5) is 0. The highest BCUT2D eigenvalue weighted by atomic mass is 35.5. The van der Waals surface area contributed by atoms with Crippen LogP contribution in [0.15, 0.2) is 30.3 Å². The van der Waals surface area contributed by atoms with Gasteiger partial charge in [0.15, 0.2) is 0 Å². The van der Waals surface area contributed by atoms with Crippen LogP contribution in [0.4, 0.5) is 0 Å². The molecule has 1 radical (unpaired) electrons. The Bertz CT molecular complexity index is 406. The molecule has 0 aliphatic heterocycles. The van der Waals surface area contributed by atoms with Crippen molar-refractivity contribution < 1.29 is 0 Å². The third kappa shape index (κ3) is 6.85. The van der Waals surface area contributed by atoms with E-state index in [4.69, 9.17) is 11.6 Å². The normalized spacial score (nSPS) is 12.5. The van der Waals surface area contributed by atoms with Crippen molar-refractivity contribution in [2.75, 3.05) is 5.75 Å². The van der Waals surface area contributed by atoms with E-state index in [-0.39, 0.29) is 0 Å². The average Bonchev–Trinajstić information content (AvgIpc) is 2.39. The van der Waals surface area contributed by atoms with Crippen LogP contribution < -0.4 is 0 Å². The van der Waals surface area contributed by atoms with E-state index in [0.717, 1.165) is 11.4 Å². The number of hydrogen-bond donors (Lipinski definition) is 0. The first-order valence-corrected chi connectivity index (χ1v) is 8.73. The van der Waals surface area contributed by atoms with Crippen LogP contribution in [-0.2, 0) is 0 Å². The molecule has 1 rings (SSSR count). The smallest absolute Gasteiger partial charge is 0.0406 e. The van der Waals surface area contributed by atoms with Gasteiger partial charge in [-0.15, -0.1) is 0 Å². The van der Waals surface area contributed by atoms with Crippen LogP contribution in [0.25, 0.3) is 6.08 Å². The average molecular weight is 310 g/mol. The Hall–Kier alpha value is -0.400. The monoisotopic (exact) mass is 309 g/mol. The molecule has 111 valence electrons. The van der Waals surface area contributed by atoms with Crippen molar-refractivity contribution in [2.24, 2.45) is 0 Å². The molecule has 0 spiro atoms. The zero-order valence-electron chi connectivity index (χ0n) is 13.1. The zero-order valence-corrected chi connectivity index (χ0v) is 14.7. The Kier molecular flexibility index (Phi) is 7.76. The van der Waals surface area contributed by atoms with Crippen LogP contribution in [0, 0.1) is 5.92 Å². The molecule has 20 heavy (non-hydrogen) atoms. The van der Waals surface area contributed by atoms with Crippen LogP contribution in [0.5, 0.6) is 0 Å². The fourth-order valence-electron chi connectivity index (χ4n) is 2.32. The van der Waals surface area contributed by atoms with Gasteiger partial charge in [0, 0.05) is 9.77 Å². The lowest BCUT2D eigenvalue weighted by molar-refractivity contribution is 0.609. The maximum absolute atomic E-state index is 5.89. The fraction of sp³-hybridized carbons (Fsp3) is 0.500. The molecular formula is C18H26ClS. The first kappa shape index (κ1) is 17.7. The van der Waals surface area contributed by atoms with Crippen molar-refractivity contribution in [3.8, 4) is 0 Å². The molecule has 2 heteroatoms. The maximum Gasteiger partial charge on any atom is 0.0406 e. The van der Waals surface area contributed by atoms with Crippen LogP contribution in [0.2, 0.25) is 5.02 Å². The van der Waals surface area contributed by atoms with Crippen LogP contribution in [-0.4, -0.2) is 10.5 Å². The molecule has 0 N–H and O–H groups in total. The summed E-state index contributed by atoms with van der Waals surface area (Å²) in [6.07, 6.45) is 7.90. The lowest BCUT2D eigenvalue weighted by Gasteiger charge is -2.27. The predicted octanol–water partition coefficient (Wildman–Crippen LogP) is 6.65. The first-order valence-electron chi connectivity index (χ1n) is 7.36. The molecule has 0 nitrogen and oxygen atoms in total. The summed E-state index contributed by atoms with van der Waals surface area (Å²) in [5, 5.41) is 0.793. The van der Waals surface area contributed by atoms with Crippen LogP contribution in [0.3, 0.4) is 0 Å². The van der Waals surface area contributed by atoms with E-state index >= 15 is 0 Å². The molecule has 0 atom stereocenters. The summed E-state index contributed by atoms with van der Waals surface area (Å²) >= 11 is 7.94. The van der Waals surface area contributed by atoms with Crippen molar-refractivity contribution in [1.29, 1.82) is 0 Å². The van der Waals surface area contributed by atoms with Gasteiger partial charge in [-0.25, -0.2) is 0 Å². The lowest BCUT2D eigenvalue weighted by Crippen LogP contribution is -2.19. The third-order valence-corrected chi connectivity index (χ3v) is 4.76. The highest BCUT2D eigenvalue weighted by Crippen LogP contribution is 2.34. The molecule has 0 fully saturated rings. The molecule has 0 heterocycles. The quantitative estimate of drug-likeness (QED) is 0.518. The Labute approximate surface area is 134 Å². The number of thioether (sulfide) groups is 1. The fourth-order valence-corrected chi connectivity index (χ4v) is 3.53. The van der Waals surface area contributed by atoms with Gasteiger partial charge in [-0.05, 0) is 48.6 Å². The second-order valence-corrected chi connectivity index (χ2v) is 8.04. The van der Waals surface area contributed by atoms with Gasteiger partial charge in [0.1, 0.15) is 0 Å². The Morgan fingerprint density at radius 2 is 1.85 bits per heavy atom. The van der Waals surface area contributed by atoms with Crippen molar-refractivity contribution >= 4 is 29.4 Å². The number of allylic oxidation sites excluding steroid dienone is 1. The van der Waals surface area contributed by atoms with Gasteiger partial charge in [-0.3, -0.25) is 0 Å². The molecule has 0 aliphatic rings. The van der Waals surface area contributed by atoms with Crippen molar-refractivity contribution in [2.45, 2.75) is 51.7 Å². The minimum atomic E-state index is 0.355. The predicted molar refractivity (Wildman–Crippen MR) is 95.5 cm³/mol. The summed E-state index contributed by atoms with van der Waals surface area (Å²) in [5.41, 5.74) is 1.21. The van der Waals surface area contributed by atoms with Gasteiger partial charge in [0.05, 0.1) is 0 Å². The summed E-state index contributed by atoms with van der Waals surface area (Å²) in [7, 11) is 0. The Morgan fingerprint density at radius 1 is 1.20 bits per heavy atom. The van der Waals surface area contributed by atoms with Gasteiger partial charge in [-0.1, -0.05) is 63.6 Å². The standard InChI is InChI=1S/C18H26ClS/c1-5-15(14-18(3,4)20-6-2)8-7-9-16-10-12-17(19)13-11-16/h7,9-13H,5-6,8,14H2,1-4H3. The summed E-state index contributed by atoms with van der Waals surface area (Å²) in [6.45, 7) is 9.19. The van der Waals surface area contributed by atoms with Gasteiger partial charge in [0.2, 0.25) is 0 Å². The second kappa shape index (κ2) is 8.79. The minimum Gasteiger partial charge on any atom is -0.156 e. The summed E-state index contributed by atoms with van der Waals surface area (Å²) in [6, 6.07) is 7.99. The van der Waals surface area contributed by atoms with Gasteiger partial charge < -0.3 is 0 Å². The van der Waals surface area contributed by atoms with Crippen LogP contribution >= 0.6 is 23.4 Å². The lowest BCUT2D eigenvalue weighted by atomic mass is 9.91.